The molecule has 0 unspecified atom stereocenters. The standard InChI is InChI=1S/C24H21NO13S3/c26-21(25-7-5-12(6-8-25)24(27)28)11-34-17-9-18(39-37-35-29)14-2-3-15-19(40-38-36-30)10-20(41(31,32)33)16-4-1-13(17)22(14)23(15)16/h1-4,9-10,12,29-30H,5-8,11H2,(H,27,28)(H,31,32,33). The Hall–Kier alpha value is -2.97. The summed E-state index contributed by atoms with van der Waals surface area (Å²) in [4.78, 5) is 25.8. The predicted octanol–water partition coefficient (Wildman–Crippen LogP) is 4.39. The first-order valence-electron chi connectivity index (χ1n) is 11.8. The number of hydrogen-bond acceptors (Lipinski definition) is 13. The van der Waals surface area contributed by atoms with Crippen LogP contribution in [0.15, 0.2) is 51.1 Å². The third kappa shape index (κ3) is 5.86. The van der Waals surface area contributed by atoms with Crippen molar-refractivity contribution in [2.75, 3.05) is 19.7 Å². The van der Waals surface area contributed by atoms with E-state index in [0.29, 0.717) is 68.8 Å². The quantitative estimate of drug-likeness (QED) is 0.0600. The second-order valence-electron chi connectivity index (χ2n) is 9.03. The van der Waals surface area contributed by atoms with Crippen molar-refractivity contribution in [2.45, 2.75) is 27.5 Å². The number of carbonyl (C=O) groups is 2. The van der Waals surface area contributed by atoms with Gasteiger partial charge in [0.05, 0.1) is 34.9 Å². The van der Waals surface area contributed by atoms with E-state index in [1.54, 1.807) is 24.3 Å². The van der Waals surface area contributed by atoms with Gasteiger partial charge in [-0.3, -0.25) is 14.1 Å². The first kappa shape index (κ1) is 29.5. The molecule has 0 radical (unpaired) electrons. The van der Waals surface area contributed by atoms with Gasteiger partial charge >= 0.3 is 5.97 Å². The summed E-state index contributed by atoms with van der Waals surface area (Å²) in [5, 5.41) is 36.5. The van der Waals surface area contributed by atoms with Crippen molar-refractivity contribution in [3.05, 3.63) is 36.4 Å². The number of benzene rings is 4. The maximum Gasteiger partial charge on any atom is 0.306 e. The molecule has 4 aromatic rings. The van der Waals surface area contributed by atoms with Crippen molar-refractivity contribution in [1.82, 2.24) is 4.90 Å². The van der Waals surface area contributed by atoms with Gasteiger partial charge in [0.15, 0.2) is 6.61 Å². The van der Waals surface area contributed by atoms with Crippen LogP contribution in [-0.2, 0) is 38.5 Å². The summed E-state index contributed by atoms with van der Waals surface area (Å²) < 4.78 is 49.8. The van der Waals surface area contributed by atoms with Crippen LogP contribution in [0.4, 0.5) is 0 Å². The Morgan fingerprint density at radius 2 is 1.41 bits per heavy atom. The van der Waals surface area contributed by atoms with Crippen molar-refractivity contribution in [3.63, 3.8) is 0 Å². The number of amides is 1. The first-order chi connectivity index (χ1) is 19.6. The van der Waals surface area contributed by atoms with Crippen LogP contribution >= 0.6 is 24.1 Å². The number of ether oxygens (including phenoxy) is 1. The Kier molecular flexibility index (Phi) is 8.71. The summed E-state index contributed by atoms with van der Waals surface area (Å²) in [5.74, 6) is -1.53. The second kappa shape index (κ2) is 12.1. The number of carboxylic acid groups (broad SMARTS) is 1. The average Bonchev–Trinajstić information content (AvgIpc) is 2.96. The lowest BCUT2D eigenvalue weighted by molar-refractivity contribution is -0.432. The third-order valence-corrected chi connectivity index (χ3v) is 9.07. The van der Waals surface area contributed by atoms with Crippen LogP contribution in [0.1, 0.15) is 12.8 Å². The molecule has 218 valence electrons. The minimum Gasteiger partial charge on any atom is -0.483 e. The zero-order valence-electron chi connectivity index (χ0n) is 20.7. The third-order valence-electron chi connectivity index (χ3n) is 6.88. The molecule has 0 bridgehead atoms. The van der Waals surface area contributed by atoms with Crippen LogP contribution in [0.25, 0.3) is 32.3 Å². The predicted molar refractivity (Wildman–Crippen MR) is 144 cm³/mol. The van der Waals surface area contributed by atoms with E-state index in [-0.39, 0.29) is 41.6 Å². The molecule has 0 aromatic heterocycles. The van der Waals surface area contributed by atoms with Crippen molar-refractivity contribution in [2.24, 2.45) is 5.92 Å². The highest BCUT2D eigenvalue weighted by molar-refractivity contribution is 7.95. The van der Waals surface area contributed by atoms with Crippen molar-refractivity contribution >= 4 is 78.4 Å². The van der Waals surface area contributed by atoms with Crippen LogP contribution in [0.2, 0.25) is 0 Å². The van der Waals surface area contributed by atoms with E-state index in [9.17, 15) is 27.7 Å². The van der Waals surface area contributed by atoms with E-state index in [0.717, 1.165) is 0 Å². The number of aliphatic carboxylic acids is 1. The molecule has 14 nitrogen and oxygen atoms in total. The van der Waals surface area contributed by atoms with Crippen molar-refractivity contribution < 1.29 is 61.7 Å². The molecule has 1 aliphatic heterocycles. The van der Waals surface area contributed by atoms with E-state index in [1.165, 1.54) is 17.0 Å². The number of piperidine rings is 1. The van der Waals surface area contributed by atoms with Crippen LogP contribution < -0.4 is 4.74 Å². The molecule has 4 N–H and O–H groups in total. The molecule has 17 heteroatoms. The second-order valence-corrected chi connectivity index (χ2v) is 11.9. The molecule has 1 amide bonds. The van der Waals surface area contributed by atoms with Crippen molar-refractivity contribution in [3.8, 4) is 5.75 Å². The van der Waals surface area contributed by atoms with Crippen LogP contribution in [-0.4, -0.2) is 65.1 Å². The van der Waals surface area contributed by atoms with Gasteiger partial charge in [-0.05, 0) is 41.8 Å². The molecule has 1 heterocycles. The molecule has 1 aliphatic rings. The molecule has 0 aliphatic carbocycles. The molecule has 1 fully saturated rings. The maximum absolute atomic E-state index is 12.9. The molecule has 0 spiro atoms. The Bertz CT molecular complexity index is 1720. The van der Waals surface area contributed by atoms with Gasteiger partial charge in [0.25, 0.3) is 16.0 Å². The summed E-state index contributed by atoms with van der Waals surface area (Å²) in [5.41, 5.74) is 0. The SMILES string of the molecule is O=C(O)C1CCN(C(=O)COc2cc(SOOO)c3ccc4c(SOOO)cc(S(=O)(=O)O)c5ccc2c3c45)CC1. The van der Waals surface area contributed by atoms with Gasteiger partial charge in [-0.15, -0.1) is 8.67 Å². The first-order valence-corrected chi connectivity index (χ1v) is 14.7. The monoisotopic (exact) mass is 627 g/mol. The summed E-state index contributed by atoms with van der Waals surface area (Å²) in [6.45, 7) is 0.181. The number of carbonyl (C=O) groups excluding carboxylic acids is 1. The highest BCUT2D eigenvalue weighted by Crippen LogP contribution is 2.47. The molecule has 4 aromatic carbocycles. The number of likely N-dealkylation sites (tertiary alicyclic amines) is 1. The van der Waals surface area contributed by atoms with Crippen molar-refractivity contribution in [1.29, 1.82) is 0 Å². The minimum absolute atomic E-state index is 0.166. The number of rotatable bonds is 11. The highest BCUT2D eigenvalue weighted by Gasteiger charge is 2.28. The van der Waals surface area contributed by atoms with E-state index in [2.05, 4.69) is 18.7 Å². The van der Waals surface area contributed by atoms with Crippen LogP contribution in [0.3, 0.4) is 0 Å². The summed E-state index contributed by atoms with van der Waals surface area (Å²) in [6, 6.07) is 9.12. The Balaban J connectivity index is 1.62. The molecule has 0 saturated carbocycles. The molecular weight excluding hydrogens is 606 g/mol. The van der Waals surface area contributed by atoms with Gasteiger partial charge in [0, 0.05) is 39.5 Å². The minimum atomic E-state index is -4.73. The van der Waals surface area contributed by atoms with Gasteiger partial charge < -0.3 is 14.7 Å². The molecule has 41 heavy (non-hydrogen) atoms. The lowest BCUT2D eigenvalue weighted by Gasteiger charge is -2.30. The van der Waals surface area contributed by atoms with E-state index in [1.807, 2.05) is 0 Å². The fourth-order valence-corrected chi connectivity index (χ4v) is 6.88. The fraction of sp³-hybridized carbons (Fsp3) is 0.250. The average molecular weight is 628 g/mol. The summed E-state index contributed by atoms with van der Waals surface area (Å²) in [7, 11) is -4.73. The van der Waals surface area contributed by atoms with E-state index in [4.69, 9.17) is 15.3 Å². The lowest BCUT2D eigenvalue weighted by atomic mass is 9.93. The molecule has 1 saturated heterocycles. The normalized spacial score (nSPS) is 14.9. The van der Waals surface area contributed by atoms with Crippen LogP contribution in [0, 0.1) is 5.92 Å². The highest BCUT2D eigenvalue weighted by atomic mass is 32.2. The topological polar surface area (TPSA) is 199 Å². The van der Waals surface area contributed by atoms with E-state index < -0.39 is 26.9 Å². The number of nitrogens with zero attached hydrogens (tertiary/aromatic N) is 1. The molecule has 5 rings (SSSR count). The Morgan fingerprint density at radius 3 is 1.98 bits per heavy atom. The number of hydrogen-bond donors (Lipinski definition) is 4. The van der Waals surface area contributed by atoms with Gasteiger partial charge in [0.1, 0.15) is 10.6 Å². The van der Waals surface area contributed by atoms with Gasteiger partial charge in [-0.2, -0.15) is 8.42 Å². The van der Waals surface area contributed by atoms with Gasteiger partial charge in [-0.1, -0.05) is 28.3 Å². The fourth-order valence-electron chi connectivity index (χ4n) is 5.05. The summed E-state index contributed by atoms with van der Waals surface area (Å²) in [6.07, 6.45) is 0.668. The summed E-state index contributed by atoms with van der Waals surface area (Å²) >= 11 is 1.14. The van der Waals surface area contributed by atoms with Crippen LogP contribution in [0.5, 0.6) is 5.75 Å². The largest absolute Gasteiger partial charge is 0.483 e. The lowest BCUT2D eigenvalue weighted by Crippen LogP contribution is -2.42. The van der Waals surface area contributed by atoms with Gasteiger partial charge in [-0.25, -0.2) is 10.5 Å². The zero-order valence-corrected chi connectivity index (χ0v) is 23.2. The zero-order chi connectivity index (χ0) is 29.3. The Morgan fingerprint density at radius 1 is 0.878 bits per heavy atom. The number of carboxylic acids is 1. The smallest absolute Gasteiger partial charge is 0.306 e. The Labute approximate surface area is 239 Å². The van der Waals surface area contributed by atoms with E-state index >= 15 is 0 Å². The molecular formula is C24H21NO13S3. The maximum atomic E-state index is 12.9. The van der Waals surface area contributed by atoms with Gasteiger partial charge in [0.2, 0.25) is 0 Å². The molecule has 0 atom stereocenters.